The molecule has 31 heavy (non-hydrogen) atoms. The number of amides is 1. The fourth-order valence-electron chi connectivity index (χ4n) is 4.65. The number of anilines is 1. The largest absolute Gasteiger partial charge is 0.335 e. The van der Waals surface area contributed by atoms with Crippen molar-refractivity contribution in [2.24, 2.45) is 11.3 Å². The molecule has 0 saturated heterocycles. The second-order valence-corrected chi connectivity index (χ2v) is 10.5. The van der Waals surface area contributed by atoms with E-state index in [1.54, 1.807) is 11.3 Å². The third kappa shape index (κ3) is 3.79. The van der Waals surface area contributed by atoms with Crippen molar-refractivity contribution in [3.63, 3.8) is 0 Å². The topological polar surface area (TPSA) is 74.9 Å². The van der Waals surface area contributed by atoms with Crippen LogP contribution < -0.4 is 5.32 Å². The van der Waals surface area contributed by atoms with Gasteiger partial charge in [0.25, 0.3) is 0 Å². The Morgan fingerprint density at radius 2 is 2.10 bits per heavy atom. The zero-order chi connectivity index (χ0) is 22.3. The summed E-state index contributed by atoms with van der Waals surface area (Å²) in [5.74, 6) is 0.383. The summed E-state index contributed by atoms with van der Waals surface area (Å²) in [6.45, 7) is 8.75. The van der Waals surface area contributed by atoms with Gasteiger partial charge in [-0.3, -0.25) is 9.59 Å². The third-order valence-electron chi connectivity index (χ3n) is 6.55. The molecule has 0 aliphatic heterocycles. The number of benzene rings is 1. The molecule has 0 saturated carbocycles. The third-order valence-corrected chi connectivity index (χ3v) is 7.72. The van der Waals surface area contributed by atoms with Gasteiger partial charge in [0.1, 0.15) is 17.6 Å². The fraction of sp³-hybridized carbons (Fsp3) is 0.400. The second-order valence-electron chi connectivity index (χ2n) is 9.39. The number of nitriles is 1. The molecule has 1 aliphatic rings. The van der Waals surface area contributed by atoms with Crippen molar-refractivity contribution in [1.82, 2.24) is 4.57 Å². The maximum Gasteiger partial charge on any atom is 0.244 e. The molecule has 3 aromatic rings. The van der Waals surface area contributed by atoms with Crippen LogP contribution in [0.3, 0.4) is 0 Å². The van der Waals surface area contributed by atoms with Gasteiger partial charge in [-0.2, -0.15) is 5.26 Å². The molecule has 160 valence electrons. The Bertz CT molecular complexity index is 1220. The SMILES string of the molecule is Cc1c(C=O)c2ccccc2n1CC(=O)Nc1sc2c(c1C#N)CC[C@@H](C(C)(C)C)C2. The maximum absolute atomic E-state index is 13.0. The second kappa shape index (κ2) is 7.97. The monoisotopic (exact) mass is 433 g/mol. The lowest BCUT2D eigenvalue weighted by atomic mass is 9.72. The van der Waals surface area contributed by atoms with Crippen molar-refractivity contribution < 1.29 is 9.59 Å². The highest BCUT2D eigenvalue weighted by molar-refractivity contribution is 7.16. The Hall–Kier alpha value is -2.91. The number of para-hydroxylation sites is 1. The van der Waals surface area contributed by atoms with Crippen LogP contribution in [0.2, 0.25) is 0 Å². The summed E-state index contributed by atoms with van der Waals surface area (Å²) in [6, 6.07) is 9.92. The van der Waals surface area contributed by atoms with E-state index in [1.807, 2.05) is 35.8 Å². The molecule has 0 bridgehead atoms. The average molecular weight is 434 g/mol. The van der Waals surface area contributed by atoms with Gasteiger partial charge in [-0.25, -0.2) is 0 Å². The number of aromatic nitrogens is 1. The number of nitrogens with zero attached hydrogens (tertiary/aromatic N) is 2. The van der Waals surface area contributed by atoms with Crippen molar-refractivity contribution in [1.29, 1.82) is 5.26 Å². The lowest BCUT2D eigenvalue weighted by molar-refractivity contribution is -0.116. The molecule has 5 nitrogen and oxygen atoms in total. The molecule has 2 aromatic heterocycles. The van der Waals surface area contributed by atoms with Crippen molar-refractivity contribution >= 4 is 39.4 Å². The first-order valence-electron chi connectivity index (χ1n) is 10.6. The van der Waals surface area contributed by atoms with Crippen LogP contribution in [-0.2, 0) is 24.2 Å². The summed E-state index contributed by atoms with van der Waals surface area (Å²) < 4.78 is 1.86. The van der Waals surface area contributed by atoms with E-state index >= 15 is 0 Å². The molecular formula is C25H27N3O2S. The molecular weight excluding hydrogens is 406 g/mol. The van der Waals surface area contributed by atoms with Crippen molar-refractivity contribution in [3.05, 3.63) is 51.5 Å². The van der Waals surface area contributed by atoms with Crippen LogP contribution in [0.15, 0.2) is 24.3 Å². The van der Waals surface area contributed by atoms with Crippen molar-refractivity contribution in [3.8, 4) is 6.07 Å². The normalized spacial score (nSPS) is 16.0. The lowest BCUT2D eigenvalue weighted by Crippen LogP contribution is -2.26. The van der Waals surface area contributed by atoms with Crippen LogP contribution in [0.25, 0.3) is 10.9 Å². The Morgan fingerprint density at radius 1 is 1.35 bits per heavy atom. The zero-order valence-corrected chi connectivity index (χ0v) is 19.2. The highest BCUT2D eigenvalue weighted by Crippen LogP contribution is 2.44. The van der Waals surface area contributed by atoms with Gasteiger partial charge in [0.2, 0.25) is 5.91 Å². The average Bonchev–Trinajstić information content (AvgIpc) is 3.20. The minimum atomic E-state index is -0.191. The van der Waals surface area contributed by atoms with Crippen LogP contribution in [0.1, 0.15) is 59.2 Å². The summed E-state index contributed by atoms with van der Waals surface area (Å²) in [5, 5.41) is 14.3. The van der Waals surface area contributed by atoms with Gasteiger partial charge in [0.15, 0.2) is 6.29 Å². The Morgan fingerprint density at radius 3 is 2.77 bits per heavy atom. The predicted molar refractivity (Wildman–Crippen MR) is 125 cm³/mol. The number of fused-ring (bicyclic) bond motifs is 2. The molecule has 2 heterocycles. The first-order valence-corrected chi connectivity index (χ1v) is 11.4. The first-order chi connectivity index (χ1) is 14.7. The molecule has 1 aromatic carbocycles. The van der Waals surface area contributed by atoms with E-state index in [-0.39, 0.29) is 17.9 Å². The van der Waals surface area contributed by atoms with Crippen LogP contribution in [0, 0.1) is 29.6 Å². The van der Waals surface area contributed by atoms with E-state index in [0.29, 0.717) is 22.0 Å². The van der Waals surface area contributed by atoms with Gasteiger partial charge in [-0.15, -0.1) is 11.3 Å². The molecule has 1 atom stereocenters. The van der Waals surface area contributed by atoms with Gasteiger partial charge >= 0.3 is 0 Å². The molecule has 0 fully saturated rings. The highest BCUT2D eigenvalue weighted by Gasteiger charge is 2.32. The maximum atomic E-state index is 13.0. The fourth-order valence-corrected chi connectivity index (χ4v) is 5.95. The van der Waals surface area contributed by atoms with Crippen LogP contribution in [-0.4, -0.2) is 16.8 Å². The molecule has 1 amide bonds. The number of carbonyl (C=O) groups excluding carboxylic acids is 2. The summed E-state index contributed by atoms with van der Waals surface area (Å²) in [7, 11) is 0. The number of aldehydes is 1. The predicted octanol–water partition coefficient (Wildman–Crippen LogP) is 5.49. The van der Waals surface area contributed by atoms with Gasteiger partial charge < -0.3 is 9.88 Å². The van der Waals surface area contributed by atoms with E-state index in [2.05, 4.69) is 32.2 Å². The van der Waals surface area contributed by atoms with Crippen LogP contribution in [0.5, 0.6) is 0 Å². The van der Waals surface area contributed by atoms with E-state index in [0.717, 1.165) is 47.7 Å². The molecule has 1 N–H and O–H groups in total. The number of hydrogen-bond acceptors (Lipinski definition) is 4. The molecule has 6 heteroatoms. The van der Waals surface area contributed by atoms with Crippen molar-refractivity contribution in [2.45, 2.75) is 53.5 Å². The minimum absolute atomic E-state index is 0.0955. The van der Waals surface area contributed by atoms with Gasteiger partial charge in [0.05, 0.1) is 5.56 Å². The summed E-state index contributed by atoms with van der Waals surface area (Å²) in [6.07, 6.45) is 3.76. The summed E-state index contributed by atoms with van der Waals surface area (Å²) in [4.78, 5) is 25.8. The van der Waals surface area contributed by atoms with E-state index in [1.165, 1.54) is 4.88 Å². The quantitative estimate of drug-likeness (QED) is 0.553. The van der Waals surface area contributed by atoms with Gasteiger partial charge in [-0.1, -0.05) is 39.0 Å². The summed E-state index contributed by atoms with van der Waals surface area (Å²) in [5.41, 5.74) is 4.18. The standard InChI is InChI=1S/C25H27N3O2S/c1-15-20(14-29)17-7-5-6-8-21(17)28(15)13-23(30)27-24-19(12-26)18-10-9-16(25(2,3)4)11-22(18)31-24/h5-8,14,16H,9-11,13H2,1-4H3,(H,27,30)/t16-/m1/s1. The molecule has 0 unspecified atom stereocenters. The molecule has 0 radical (unpaired) electrons. The van der Waals surface area contributed by atoms with Crippen LogP contribution >= 0.6 is 11.3 Å². The number of thiophene rings is 1. The Labute approximate surface area is 186 Å². The van der Waals surface area contributed by atoms with E-state index in [4.69, 9.17) is 0 Å². The lowest BCUT2D eigenvalue weighted by Gasteiger charge is -2.33. The van der Waals surface area contributed by atoms with E-state index < -0.39 is 0 Å². The Balaban J connectivity index is 1.60. The van der Waals surface area contributed by atoms with Crippen LogP contribution in [0.4, 0.5) is 5.00 Å². The van der Waals surface area contributed by atoms with E-state index in [9.17, 15) is 14.9 Å². The van der Waals surface area contributed by atoms with Gasteiger partial charge in [0, 0.05) is 27.0 Å². The summed E-state index contributed by atoms with van der Waals surface area (Å²) >= 11 is 1.54. The number of nitrogens with one attached hydrogen (secondary N) is 1. The highest BCUT2D eigenvalue weighted by atomic mass is 32.1. The first kappa shape index (κ1) is 21.3. The molecule has 0 spiro atoms. The molecule has 1 aliphatic carbocycles. The number of hydrogen-bond donors (Lipinski definition) is 1. The molecule has 4 rings (SSSR count). The van der Waals surface area contributed by atoms with Crippen molar-refractivity contribution in [2.75, 3.05) is 5.32 Å². The zero-order valence-electron chi connectivity index (χ0n) is 18.4. The van der Waals surface area contributed by atoms with Gasteiger partial charge in [-0.05, 0) is 49.1 Å². The minimum Gasteiger partial charge on any atom is -0.335 e. The number of rotatable bonds is 4. The number of carbonyl (C=O) groups is 2. The Kier molecular flexibility index (Phi) is 5.49. The smallest absolute Gasteiger partial charge is 0.244 e.